The number of carbonyl (C=O) groups is 2. The topological polar surface area (TPSA) is 83.8 Å². The molecule has 5 nitrogen and oxygen atoms in total. The molecule has 2 aliphatic carbocycles. The van der Waals surface area contributed by atoms with Crippen molar-refractivity contribution in [2.24, 2.45) is 23.2 Å². The number of aliphatic carboxylic acids is 1. The van der Waals surface area contributed by atoms with Crippen LogP contribution < -0.4 is 0 Å². The van der Waals surface area contributed by atoms with Crippen molar-refractivity contribution in [1.29, 1.82) is 0 Å². The van der Waals surface area contributed by atoms with Gasteiger partial charge in [-0.05, 0) is 49.5 Å². The minimum atomic E-state index is -1.08. The van der Waals surface area contributed by atoms with Crippen molar-refractivity contribution < 1.29 is 24.5 Å². The van der Waals surface area contributed by atoms with Gasteiger partial charge in [0.15, 0.2) is 0 Å². The molecule has 3 rings (SSSR count). The molecule has 0 bridgehead atoms. The number of hydrogen-bond acceptors (Lipinski definition) is 4. The van der Waals surface area contributed by atoms with E-state index in [0.717, 1.165) is 11.1 Å². The Bertz CT molecular complexity index is 508. The first-order valence-electron chi connectivity index (χ1n) is 7.14. The number of fused-ring (bicyclic) bond motifs is 1. The summed E-state index contributed by atoms with van der Waals surface area (Å²) in [5, 5.41) is 19.9. The molecule has 0 radical (unpaired) electrons. The third-order valence-corrected chi connectivity index (χ3v) is 5.48. The van der Waals surface area contributed by atoms with E-state index < -0.39 is 17.5 Å². The number of aliphatic hydroxyl groups excluding tert-OH is 1. The minimum absolute atomic E-state index is 0.0606. The Morgan fingerprint density at radius 2 is 2.10 bits per heavy atom. The molecule has 0 saturated heterocycles. The number of cyclic esters (lactones) is 1. The van der Waals surface area contributed by atoms with Crippen LogP contribution in [0, 0.1) is 23.2 Å². The first kappa shape index (κ1) is 13.6. The molecule has 0 spiro atoms. The van der Waals surface area contributed by atoms with Crippen molar-refractivity contribution in [3.05, 3.63) is 11.1 Å². The number of carbonyl (C=O) groups excluding carboxylic acids is 1. The molecular formula is C15H20O5. The van der Waals surface area contributed by atoms with E-state index in [9.17, 15) is 19.8 Å². The van der Waals surface area contributed by atoms with Crippen molar-refractivity contribution in [3.8, 4) is 0 Å². The molecule has 0 aromatic heterocycles. The van der Waals surface area contributed by atoms with Crippen LogP contribution >= 0.6 is 0 Å². The zero-order valence-electron chi connectivity index (χ0n) is 11.8. The largest absolute Gasteiger partial charge is 0.481 e. The smallest absolute Gasteiger partial charge is 0.334 e. The molecule has 20 heavy (non-hydrogen) atoms. The maximum Gasteiger partial charge on any atom is 0.334 e. The van der Waals surface area contributed by atoms with Gasteiger partial charge in [-0.1, -0.05) is 6.92 Å². The van der Waals surface area contributed by atoms with E-state index in [0.29, 0.717) is 25.9 Å². The van der Waals surface area contributed by atoms with Crippen LogP contribution in [0.3, 0.4) is 0 Å². The monoisotopic (exact) mass is 280 g/mol. The lowest BCUT2D eigenvalue weighted by Crippen LogP contribution is -2.39. The highest BCUT2D eigenvalue weighted by molar-refractivity contribution is 5.91. The zero-order chi connectivity index (χ0) is 14.7. The Morgan fingerprint density at radius 1 is 1.40 bits per heavy atom. The zero-order valence-corrected chi connectivity index (χ0v) is 11.8. The summed E-state index contributed by atoms with van der Waals surface area (Å²) in [6.45, 7) is 3.97. The van der Waals surface area contributed by atoms with Gasteiger partial charge in [-0.3, -0.25) is 4.79 Å². The predicted molar refractivity (Wildman–Crippen MR) is 69.7 cm³/mol. The summed E-state index contributed by atoms with van der Waals surface area (Å²) in [5.41, 5.74) is 0.692. The standard InChI is InChI=1S/C15H20O5/c1-7-3-10-9(6-20-13(10)17)4-8-5-15(2,14(18)19)12(16)11(7)8/h7-8,11-12,16H,3-6H2,1-2H3,(H,18,19)/t7-,8-,11+,12-,15-/m1/s1. The van der Waals surface area contributed by atoms with E-state index in [2.05, 4.69) is 0 Å². The third-order valence-electron chi connectivity index (χ3n) is 5.48. The van der Waals surface area contributed by atoms with Crippen molar-refractivity contribution in [3.63, 3.8) is 0 Å². The molecule has 1 fully saturated rings. The molecule has 0 unspecified atom stereocenters. The number of carboxylic acid groups (broad SMARTS) is 1. The maximum absolute atomic E-state index is 11.7. The molecule has 5 heteroatoms. The Labute approximate surface area is 117 Å². The second kappa shape index (κ2) is 4.32. The number of rotatable bonds is 1. The average Bonchev–Trinajstić information content (AvgIpc) is 2.78. The van der Waals surface area contributed by atoms with Crippen LogP contribution in [0.4, 0.5) is 0 Å². The summed E-state index contributed by atoms with van der Waals surface area (Å²) in [4.78, 5) is 23.2. The van der Waals surface area contributed by atoms with Crippen LogP contribution in [0.5, 0.6) is 0 Å². The van der Waals surface area contributed by atoms with Gasteiger partial charge >= 0.3 is 11.9 Å². The lowest BCUT2D eigenvalue weighted by molar-refractivity contribution is -0.154. The molecular weight excluding hydrogens is 260 g/mol. The summed E-state index contributed by atoms with van der Waals surface area (Å²) in [6.07, 6.45) is 0.873. The summed E-state index contributed by atoms with van der Waals surface area (Å²) in [5.74, 6) is -1.02. The molecule has 0 amide bonds. The van der Waals surface area contributed by atoms with Gasteiger partial charge in [-0.25, -0.2) is 4.79 Å². The lowest BCUT2D eigenvalue weighted by Gasteiger charge is -2.29. The second-order valence-electron chi connectivity index (χ2n) is 6.75. The van der Waals surface area contributed by atoms with Crippen LogP contribution in [-0.4, -0.2) is 34.9 Å². The van der Waals surface area contributed by atoms with E-state index >= 15 is 0 Å². The fraction of sp³-hybridized carbons (Fsp3) is 0.733. The fourth-order valence-corrected chi connectivity index (χ4v) is 4.34. The van der Waals surface area contributed by atoms with Crippen molar-refractivity contribution in [2.45, 2.75) is 39.2 Å². The van der Waals surface area contributed by atoms with Crippen LogP contribution in [-0.2, 0) is 14.3 Å². The molecule has 3 aliphatic rings. The SMILES string of the molecule is C[C@@H]1CC2=C(COC2=O)C[C@@H]2C[C@@](C)(C(=O)O)[C@H](O)[C@H]21. The number of esters is 1. The van der Waals surface area contributed by atoms with Crippen LogP contribution in [0.1, 0.15) is 33.1 Å². The number of carboxylic acids is 1. The van der Waals surface area contributed by atoms with Crippen LogP contribution in [0.25, 0.3) is 0 Å². The Morgan fingerprint density at radius 3 is 2.75 bits per heavy atom. The molecule has 5 atom stereocenters. The highest BCUT2D eigenvalue weighted by Crippen LogP contribution is 2.54. The molecule has 110 valence electrons. The Hall–Kier alpha value is -1.36. The van der Waals surface area contributed by atoms with Gasteiger partial charge in [0.1, 0.15) is 6.61 Å². The summed E-state index contributed by atoms with van der Waals surface area (Å²) >= 11 is 0. The summed E-state index contributed by atoms with van der Waals surface area (Å²) in [7, 11) is 0. The van der Waals surface area contributed by atoms with E-state index in [1.807, 2.05) is 6.92 Å². The summed E-state index contributed by atoms with van der Waals surface area (Å²) in [6, 6.07) is 0. The summed E-state index contributed by atoms with van der Waals surface area (Å²) < 4.78 is 5.09. The molecule has 1 saturated carbocycles. The molecule has 2 N–H and O–H groups in total. The van der Waals surface area contributed by atoms with Gasteiger partial charge < -0.3 is 14.9 Å². The van der Waals surface area contributed by atoms with Gasteiger partial charge in [-0.15, -0.1) is 0 Å². The minimum Gasteiger partial charge on any atom is -0.481 e. The third kappa shape index (κ3) is 1.72. The van der Waals surface area contributed by atoms with Gasteiger partial charge in [0, 0.05) is 5.57 Å². The Balaban J connectivity index is 1.94. The molecule has 0 aromatic rings. The number of aliphatic hydroxyl groups is 1. The lowest BCUT2D eigenvalue weighted by atomic mass is 9.79. The highest BCUT2D eigenvalue weighted by Gasteiger charge is 2.57. The normalized spacial score (nSPS) is 43.9. The second-order valence-corrected chi connectivity index (χ2v) is 6.75. The first-order chi connectivity index (χ1) is 9.34. The van der Waals surface area contributed by atoms with Crippen LogP contribution in [0.15, 0.2) is 11.1 Å². The van der Waals surface area contributed by atoms with Gasteiger partial charge in [0.25, 0.3) is 0 Å². The van der Waals surface area contributed by atoms with Crippen molar-refractivity contribution in [2.75, 3.05) is 6.61 Å². The van der Waals surface area contributed by atoms with E-state index in [4.69, 9.17) is 4.74 Å². The first-order valence-corrected chi connectivity index (χ1v) is 7.14. The highest BCUT2D eigenvalue weighted by atomic mass is 16.5. The maximum atomic E-state index is 11.7. The predicted octanol–water partition coefficient (Wildman–Crippen LogP) is 1.36. The van der Waals surface area contributed by atoms with E-state index in [-0.39, 0.29) is 23.7 Å². The molecule has 1 heterocycles. The average molecular weight is 280 g/mol. The Kier molecular flexibility index (Phi) is 2.94. The van der Waals surface area contributed by atoms with Gasteiger partial charge in [0.2, 0.25) is 0 Å². The molecule has 0 aromatic carbocycles. The number of ether oxygens (including phenoxy) is 1. The van der Waals surface area contributed by atoms with Crippen molar-refractivity contribution >= 4 is 11.9 Å². The van der Waals surface area contributed by atoms with E-state index in [1.54, 1.807) is 6.92 Å². The van der Waals surface area contributed by atoms with E-state index in [1.165, 1.54) is 0 Å². The molecule has 1 aliphatic heterocycles. The number of hydrogen-bond donors (Lipinski definition) is 2. The van der Waals surface area contributed by atoms with Crippen LogP contribution in [0.2, 0.25) is 0 Å². The fourth-order valence-electron chi connectivity index (χ4n) is 4.34. The van der Waals surface area contributed by atoms with Gasteiger partial charge in [-0.2, -0.15) is 0 Å². The van der Waals surface area contributed by atoms with Gasteiger partial charge in [0.05, 0.1) is 11.5 Å². The van der Waals surface area contributed by atoms with Crippen molar-refractivity contribution in [1.82, 2.24) is 0 Å². The quantitative estimate of drug-likeness (QED) is 0.708.